The van der Waals surface area contributed by atoms with Crippen LogP contribution in [0.25, 0.3) is 0 Å². The van der Waals surface area contributed by atoms with Gasteiger partial charge in [-0.15, -0.1) is 0 Å². The number of anilines is 1. The van der Waals surface area contributed by atoms with E-state index in [0.717, 1.165) is 18.3 Å². The summed E-state index contributed by atoms with van der Waals surface area (Å²) in [6, 6.07) is 9.57. The van der Waals surface area contributed by atoms with Gasteiger partial charge in [-0.3, -0.25) is 0 Å². The maximum Gasteiger partial charge on any atom is 0.330 e. The number of nitriles is 1. The van der Waals surface area contributed by atoms with Crippen LogP contribution < -0.4 is 3.93 Å². The molecule has 0 N–H and O–H groups in total. The molecule has 0 aromatic heterocycles. The van der Waals surface area contributed by atoms with Crippen molar-refractivity contribution in [2.24, 2.45) is 0 Å². The number of benzene rings is 1. The van der Waals surface area contributed by atoms with Gasteiger partial charge in [-0.25, -0.2) is 4.79 Å². The average molecular weight is 353 g/mol. The highest BCUT2D eigenvalue weighted by Gasteiger charge is 2.12. The largest absolute Gasteiger partial charge is 0.457 e. The summed E-state index contributed by atoms with van der Waals surface area (Å²) in [4.78, 5) is 10.5. The molecule has 1 aromatic carbocycles. The lowest BCUT2D eigenvalue weighted by molar-refractivity contribution is -0.148. The van der Waals surface area contributed by atoms with Gasteiger partial charge in [0.05, 0.1) is 11.6 Å². The Morgan fingerprint density at radius 2 is 2.14 bits per heavy atom. The Morgan fingerprint density at radius 1 is 1.52 bits per heavy atom. The highest BCUT2D eigenvalue weighted by atomic mass is 79.9. The third-order valence-electron chi connectivity index (χ3n) is 2.11. The maximum atomic E-state index is 10.5. The molecular weight excluding hydrogens is 332 g/mol. The molecule has 4 nitrogen and oxygen atoms in total. The molecule has 0 bridgehead atoms. The Labute approximate surface area is 135 Å². The van der Waals surface area contributed by atoms with Crippen LogP contribution in [0.2, 0.25) is 0 Å². The molecule has 0 spiro atoms. The lowest BCUT2D eigenvalue weighted by atomic mass is 10.2. The van der Waals surface area contributed by atoms with Crippen LogP contribution in [0.5, 0.6) is 0 Å². The van der Waals surface area contributed by atoms with Crippen molar-refractivity contribution in [3.05, 3.63) is 42.5 Å². The minimum atomic E-state index is -0.398. The molecule has 0 unspecified atom stereocenters. The van der Waals surface area contributed by atoms with E-state index in [1.54, 1.807) is 6.07 Å². The molecule has 1 aromatic rings. The summed E-state index contributed by atoms with van der Waals surface area (Å²) in [5.74, 6) is -0.373. The zero-order valence-electron chi connectivity index (χ0n) is 12.9. The Balaban J connectivity index is 0.000000400. The first-order valence-electron chi connectivity index (χ1n) is 6.52. The Hall–Kier alpha value is -1.80. The standard InChI is InChI=1S/C9H9BrN2.C7H12O2/c1-2-12(10)9-5-3-4-8(6-9)7-11;1-5-6(8)9-7(2,3)4/h3-6H,2H2,1H3;5H,1H2,2-4H3. The molecule has 0 aliphatic carbocycles. The zero-order chi connectivity index (χ0) is 16.5. The van der Waals surface area contributed by atoms with Crippen molar-refractivity contribution in [2.75, 3.05) is 10.5 Å². The number of rotatable bonds is 3. The van der Waals surface area contributed by atoms with E-state index < -0.39 is 5.60 Å². The summed E-state index contributed by atoms with van der Waals surface area (Å²) in [7, 11) is 0. The van der Waals surface area contributed by atoms with E-state index in [9.17, 15) is 4.79 Å². The molecule has 0 saturated carbocycles. The van der Waals surface area contributed by atoms with Crippen LogP contribution in [-0.4, -0.2) is 18.1 Å². The number of carbonyl (C=O) groups is 1. The molecule has 114 valence electrons. The zero-order valence-corrected chi connectivity index (χ0v) is 14.5. The van der Waals surface area contributed by atoms with Gasteiger partial charge in [0.2, 0.25) is 0 Å². The Morgan fingerprint density at radius 3 is 2.52 bits per heavy atom. The average Bonchev–Trinajstić information content (AvgIpc) is 2.45. The van der Waals surface area contributed by atoms with Gasteiger partial charge in [-0.1, -0.05) is 12.6 Å². The topological polar surface area (TPSA) is 53.3 Å². The first-order chi connectivity index (χ1) is 9.73. The van der Waals surface area contributed by atoms with Crippen LogP contribution >= 0.6 is 16.1 Å². The van der Waals surface area contributed by atoms with Crippen LogP contribution in [0, 0.1) is 11.3 Å². The smallest absolute Gasteiger partial charge is 0.330 e. The molecule has 21 heavy (non-hydrogen) atoms. The van der Waals surface area contributed by atoms with E-state index in [2.05, 4.69) is 28.8 Å². The van der Waals surface area contributed by atoms with E-state index in [1.165, 1.54) is 0 Å². The van der Waals surface area contributed by atoms with Gasteiger partial charge in [0.25, 0.3) is 0 Å². The van der Waals surface area contributed by atoms with E-state index in [1.807, 2.05) is 49.8 Å². The maximum absolute atomic E-state index is 10.5. The van der Waals surface area contributed by atoms with E-state index in [4.69, 9.17) is 10.00 Å². The summed E-state index contributed by atoms with van der Waals surface area (Å²) in [5, 5.41) is 8.63. The van der Waals surface area contributed by atoms with E-state index in [0.29, 0.717) is 5.56 Å². The molecule has 0 amide bonds. The highest BCUT2D eigenvalue weighted by Crippen LogP contribution is 2.18. The van der Waals surface area contributed by atoms with Gasteiger partial charge in [0, 0.05) is 34.5 Å². The van der Waals surface area contributed by atoms with Gasteiger partial charge in [0.15, 0.2) is 0 Å². The number of hydrogen-bond acceptors (Lipinski definition) is 4. The molecule has 1 rings (SSSR count). The highest BCUT2D eigenvalue weighted by molar-refractivity contribution is 9.10. The van der Waals surface area contributed by atoms with Gasteiger partial charge >= 0.3 is 5.97 Å². The minimum Gasteiger partial charge on any atom is -0.457 e. The second-order valence-electron chi connectivity index (χ2n) is 5.08. The third-order valence-corrected chi connectivity index (χ3v) is 3.02. The number of esters is 1. The molecular formula is C16H21BrN2O2. The van der Waals surface area contributed by atoms with Crippen LogP contribution in [0.4, 0.5) is 5.69 Å². The lowest BCUT2D eigenvalue weighted by Crippen LogP contribution is -2.22. The molecule has 0 fully saturated rings. The molecule has 5 heteroatoms. The van der Waals surface area contributed by atoms with Crippen molar-refractivity contribution in [1.82, 2.24) is 0 Å². The molecule has 0 radical (unpaired) electrons. The molecule has 0 atom stereocenters. The number of halogens is 1. The quantitative estimate of drug-likeness (QED) is 0.464. The first-order valence-corrected chi connectivity index (χ1v) is 7.23. The second-order valence-corrected chi connectivity index (χ2v) is 5.93. The van der Waals surface area contributed by atoms with Gasteiger partial charge < -0.3 is 8.66 Å². The predicted octanol–water partition coefficient (Wildman–Crippen LogP) is 4.21. The third kappa shape index (κ3) is 8.87. The first kappa shape index (κ1) is 19.2. The van der Waals surface area contributed by atoms with Crippen LogP contribution in [0.1, 0.15) is 33.3 Å². The summed E-state index contributed by atoms with van der Waals surface area (Å²) >= 11 is 3.37. The summed E-state index contributed by atoms with van der Waals surface area (Å²) < 4.78 is 6.74. The van der Waals surface area contributed by atoms with Crippen molar-refractivity contribution in [3.63, 3.8) is 0 Å². The van der Waals surface area contributed by atoms with Gasteiger partial charge in [0.1, 0.15) is 5.60 Å². The normalized spacial score (nSPS) is 9.71. The van der Waals surface area contributed by atoms with Crippen molar-refractivity contribution in [2.45, 2.75) is 33.3 Å². The minimum absolute atomic E-state index is 0.373. The van der Waals surface area contributed by atoms with E-state index in [-0.39, 0.29) is 5.97 Å². The molecule has 0 aliphatic rings. The molecule has 0 heterocycles. The number of ether oxygens (including phenoxy) is 1. The van der Waals surface area contributed by atoms with Crippen LogP contribution in [0.3, 0.4) is 0 Å². The summed E-state index contributed by atoms with van der Waals surface area (Å²) in [5.41, 5.74) is 1.30. The number of hydrogen-bond donors (Lipinski definition) is 0. The second kappa shape index (κ2) is 9.19. The van der Waals surface area contributed by atoms with Crippen molar-refractivity contribution < 1.29 is 9.53 Å². The predicted molar refractivity (Wildman–Crippen MR) is 89.1 cm³/mol. The summed E-state index contributed by atoms with van der Waals surface area (Å²) in [6.07, 6.45) is 1.16. The van der Waals surface area contributed by atoms with Crippen molar-refractivity contribution >= 4 is 27.8 Å². The van der Waals surface area contributed by atoms with Gasteiger partial charge in [-0.05, 0) is 45.9 Å². The number of nitrogens with zero attached hydrogens (tertiary/aromatic N) is 2. The fourth-order valence-electron chi connectivity index (χ4n) is 1.25. The fourth-order valence-corrected chi connectivity index (χ4v) is 1.47. The Kier molecular flexibility index (Phi) is 8.41. The summed E-state index contributed by atoms with van der Waals surface area (Å²) in [6.45, 7) is 11.6. The lowest BCUT2D eigenvalue weighted by Gasteiger charge is -2.17. The van der Waals surface area contributed by atoms with E-state index >= 15 is 0 Å². The van der Waals surface area contributed by atoms with Crippen molar-refractivity contribution in [1.29, 1.82) is 5.26 Å². The van der Waals surface area contributed by atoms with Crippen molar-refractivity contribution in [3.8, 4) is 6.07 Å². The Bertz CT molecular complexity index is 516. The van der Waals surface area contributed by atoms with Gasteiger partial charge in [-0.2, -0.15) is 5.26 Å². The fraction of sp³-hybridized carbons (Fsp3) is 0.375. The molecule has 0 aliphatic heterocycles. The molecule has 0 saturated heterocycles. The van der Waals surface area contributed by atoms with Crippen LogP contribution in [-0.2, 0) is 9.53 Å². The number of carbonyl (C=O) groups excluding carboxylic acids is 1. The SMILES string of the molecule is C=CC(=O)OC(C)(C)C.CCN(Br)c1cccc(C#N)c1. The monoisotopic (exact) mass is 352 g/mol. The van der Waals surface area contributed by atoms with Crippen LogP contribution in [0.15, 0.2) is 36.9 Å².